The van der Waals surface area contributed by atoms with Crippen molar-refractivity contribution in [2.75, 3.05) is 7.11 Å². The first-order valence-electron chi connectivity index (χ1n) is 10.4. The fourth-order valence-corrected chi connectivity index (χ4v) is 5.76. The van der Waals surface area contributed by atoms with E-state index in [1.54, 1.807) is 31.4 Å². The Bertz CT molecular complexity index is 759. The molecule has 0 radical (unpaired) electrons. The summed E-state index contributed by atoms with van der Waals surface area (Å²) in [5.41, 5.74) is -0.678. The molecule has 154 valence electrons. The van der Waals surface area contributed by atoms with Crippen LogP contribution in [0, 0.1) is 17.3 Å². The monoisotopic (exact) mass is 388 g/mol. The number of hydrogen-bond acceptors (Lipinski definition) is 5. The highest BCUT2D eigenvalue weighted by atomic mass is 16.6. The molecule has 0 bridgehead atoms. The molecule has 5 heteroatoms. The molecule has 2 saturated carbocycles. The van der Waals surface area contributed by atoms with Gasteiger partial charge < -0.3 is 19.3 Å². The van der Waals surface area contributed by atoms with Crippen LogP contribution in [0.4, 0.5) is 0 Å². The third-order valence-corrected chi connectivity index (χ3v) is 7.64. The topological polar surface area (TPSA) is 68.3 Å². The van der Waals surface area contributed by atoms with E-state index < -0.39 is 5.60 Å². The second kappa shape index (κ2) is 6.46. The normalized spacial score (nSPS) is 41.8. The SMILES string of the molecule is COc1ccc(C(=O)O[C@@H]2C[C@@]3(C)O[C@H]3C[C@]3(C)CC[C@@](O)(C(C)C)[C@H]23)cc1. The number of ether oxygens (including phenoxy) is 3. The van der Waals surface area contributed by atoms with Crippen LogP contribution in [-0.2, 0) is 9.47 Å². The number of rotatable bonds is 4. The molecule has 3 fully saturated rings. The first-order valence-corrected chi connectivity index (χ1v) is 10.4. The fraction of sp³-hybridized carbons (Fsp3) is 0.696. The second-order valence-electron chi connectivity index (χ2n) is 9.78. The Hall–Kier alpha value is -1.59. The fourth-order valence-electron chi connectivity index (χ4n) is 5.76. The maximum absolute atomic E-state index is 12.9. The molecule has 5 nitrogen and oxygen atoms in total. The van der Waals surface area contributed by atoms with Crippen molar-refractivity contribution in [1.82, 2.24) is 0 Å². The molecule has 4 rings (SSSR count). The summed E-state index contributed by atoms with van der Waals surface area (Å²) in [7, 11) is 1.60. The van der Waals surface area contributed by atoms with Crippen molar-refractivity contribution in [3.05, 3.63) is 29.8 Å². The highest BCUT2D eigenvalue weighted by Gasteiger charge is 2.68. The van der Waals surface area contributed by atoms with Crippen LogP contribution in [0.3, 0.4) is 0 Å². The minimum Gasteiger partial charge on any atom is -0.497 e. The Morgan fingerprint density at radius 2 is 1.86 bits per heavy atom. The molecule has 1 aliphatic heterocycles. The molecule has 0 unspecified atom stereocenters. The lowest BCUT2D eigenvalue weighted by Gasteiger charge is -2.44. The summed E-state index contributed by atoms with van der Waals surface area (Å²) in [5, 5.41) is 11.6. The minimum absolute atomic E-state index is 0.0876. The van der Waals surface area contributed by atoms with Crippen molar-refractivity contribution in [1.29, 1.82) is 0 Å². The van der Waals surface area contributed by atoms with Crippen molar-refractivity contribution < 1.29 is 24.1 Å². The third-order valence-electron chi connectivity index (χ3n) is 7.64. The van der Waals surface area contributed by atoms with Crippen LogP contribution in [0.15, 0.2) is 24.3 Å². The summed E-state index contributed by atoms with van der Waals surface area (Å²) in [6, 6.07) is 6.96. The standard InChI is InChI=1S/C23H32O5/c1-14(2)23(25)11-10-21(3)13-18-22(4,28-18)12-17(19(21)23)27-20(24)15-6-8-16(26-5)9-7-15/h6-9,14,17-19,25H,10-13H2,1-5H3/t17-,18+,19-,21+,22-,23-/m1/s1. The number of benzene rings is 1. The van der Waals surface area contributed by atoms with E-state index in [2.05, 4.69) is 27.7 Å². The molecule has 1 heterocycles. The summed E-state index contributed by atoms with van der Waals surface area (Å²) in [4.78, 5) is 12.9. The number of carbonyl (C=O) groups excluding carboxylic acids is 1. The van der Waals surface area contributed by atoms with Gasteiger partial charge in [-0.2, -0.15) is 0 Å². The Kier molecular flexibility index (Phi) is 4.55. The predicted octanol–water partition coefficient (Wildman–Crippen LogP) is 3.98. The van der Waals surface area contributed by atoms with E-state index in [0.29, 0.717) is 17.7 Å². The van der Waals surface area contributed by atoms with Gasteiger partial charge in [-0.15, -0.1) is 0 Å². The van der Waals surface area contributed by atoms with E-state index in [9.17, 15) is 9.90 Å². The minimum atomic E-state index is -0.827. The zero-order valence-electron chi connectivity index (χ0n) is 17.5. The number of hydrogen-bond donors (Lipinski definition) is 1. The maximum Gasteiger partial charge on any atom is 0.338 e. The van der Waals surface area contributed by atoms with Gasteiger partial charge in [-0.1, -0.05) is 20.8 Å². The van der Waals surface area contributed by atoms with E-state index in [-0.39, 0.29) is 41.0 Å². The van der Waals surface area contributed by atoms with Gasteiger partial charge in [-0.3, -0.25) is 0 Å². The number of methoxy groups -OCH3 is 1. The average Bonchev–Trinajstić information content (AvgIpc) is 3.19. The molecule has 0 amide bonds. The van der Waals surface area contributed by atoms with Gasteiger partial charge in [0.1, 0.15) is 11.9 Å². The summed E-state index contributed by atoms with van der Waals surface area (Å²) < 4.78 is 17.3. The van der Waals surface area contributed by atoms with Gasteiger partial charge in [-0.05, 0) is 61.8 Å². The van der Waals surface area contributed by atoms with Crippen LogP contribution in [0.1, 0.15) is 63.7 Å². The van der Waals surface area contributed by atoms with Gasteiger partial charge in [0.2, 0.25) is 0 Å². The smallest absolute Gasteiger partial charge is 0.338 e. The number of aliphatic hydroxyl groups is 1. The quantitative estimate of drug-likeness (QED) is 0.624. The first kappa shape index (κ1) is 19.7. The zero-order valence-corrected chi connectivity index (χ0v) is 17.5. The predicted molar refractivity (Wildman–Crippen MR) is 105 cm³/mol. The molecular formula is C23H32O5. The number of carbonyl (C=O) groups is 1. The molecule has 1 aromatic carbocycles. The van der Waals surface area contributed by atoms with E-state index in [1.165, 1.54) is 0 Å². The average molecular weight is 389 g/mol. The largest absolute Gasteiger partial charge is 0.497 e. The Morgan fingerprint density at radius 1 is 1.18 bits per heavy atom. The van der Waals surface area contributed by atoms with Crippen LogP contribution in [0.5, 0.6) is 5.75 Å². The van der Waals surface area contributed by atoms with Gasteiger partial charge in [0.05, 0.1) is 30.0 Å². The van der Waals surface area contributed by atoms with Gasteiger partial charge in [-0.25, -0.2) is 4.79 Å². The summed E-state index contributed by atoms with van der Waals surface area (Å²) in [5.74, 6) is 0.362. The molecule has 1 saturated heterocycles. The highest BCUT2D eigenvalue weighted by Crippen LogP contribution is 2.63. The van der Waals surface area contributed by atoms with Gasteiger partial charge in [0, 0.05) is 12.3 Å². The van der Waals surface area contributed by atoms with Crippen molar-refractivity contribution in [3.8, 4) is 5.75 Å². The Morgan fingerprint density at radius 3 is 2.46 bits per heavy atom. The molecule has 28 heavy (non-hydrogen) atoms. The first-order chi connectivity index (χ1) is 13.1. The van der Waals surface area contributed by atoms with Gasteiger partial charge in [0.15, 0.2) is 0 Å². The van der Waals surface area contributed by atoms with Gasteiger partial charge >= 0.3 is 5.97 Å². The molecule has 0 spiro atoms. The van der Waals surface area contributed by atoms with E-state index in [1.807, 2.05) is 0 Å². The molecule has 1 aromatic rings. The zero-order chi connectivity index (χ0) is 20.3. The molecular weight excluding hydrogens is 356 g/mol. The van der Waals surface area contributed by atoms with E-state index >= 15 is 0 Å². The van der Waals surface area contributed by atoms with Crippen LogP contribution >= 0.6 is 0 Å². The highest BCUT2D eigenvalue weighted by molar-refractivity contribution is 5.89. The Labute approximate surface area is 167 Å². The lowest BCUT2D eigenvalue weighted by atomic mass is 9.67. The molecule has 1 N–H and O–H groups in total. The number of esters is 1. The molecule has 2 aliphatic carbocycles. The second-order valence-corrected chi connectivity index (χ2v) is 9.78. The lowest BCUT2D eigenvalue weighted by molar-refractivity contribution is -0.120. The molecule has 3 aliphatic rings. The van der Waals surface area contributed by atoms with E-state index in [0.717, 1.165) is 19.3 Å². The van der Waals surface area contributed by atoms with Crippen LogP contribution in [-0.4, -0.2) is 41.6 Å². The van der Waals surface area contributed by atoms with Crippen LogP contribution in [0.25, 0.3) is 0 Å². The van der Waals surface area contributed by atoms with Gasteiger partial charge in [0.25, 0.3) is 0 Å². The summed E-state index contributed by atoms with van der Waals surface area (Å²) >= 11 is 0. The van der Waals surface area contributed by atoms with Crippen molar-refractivity contribution in [2.45, 2.75) is 76.8 Å². The molecule has 6 atom stereocenters. The van der Waals surface area contributed by atoms with Crippen molar-refractivity contribution >= 4 is 5.97 Å². The summed E-state index contributed by atoms with van der Waals surface area (Å²) in [6.07, 6.45) is 3.05. The molecule has 0 aromatic heterocycles. The Balaban J connectivity index is 1.64. The number of epoxide rings is 1. The van der Waals surface area contributed by atoms with Crippen molar-refractivity contribution in [2.24, 2.45) is 17.3 Å². The summed E-state index contributed by atoms with van der Waals surface area (Å²) in [6.45, 7) is 8.47. The van der Waals surface area contributed by atoms with Crippen LogP contribution in [0.2, 0.25) is 0 Å². The van der Waals surface area contributed by atoms with Crippen molar-refractivity contribution in [3.63, 3.8) is 0 Å². The maximum atomic E-state index is 12.9. The van der Waals surface area contributed by atoms with Crippen LogP contribution < -0.4 is 4.74 Å². The number of fused-ring (bicyclic) bond motifs is 2. The lowest BCUT2D eigenvalue weighted by Crippen LogP contribution is -2.50. The van der Waals surface area contributed by atoms with E-state index in [4.69, 9.17) is 14.2 Å². The third kappa shape index (κ3) is 3.03.